The molecule has 2 rings (SSSR count). The molecule has 0 radical (unpaired) electrons. The van der Waals surface area contributed by atoms with Gasteiger partial charge in [0.25, 0.3) is 0 Å². The minimum Gasteiger partial charge on any atom is -0.391 e. The molecule has 6 nitrogen and oxygen atoms in total. The summed E-state index contributed by atoms with van der Waals surface area (Å²) in [5, 5.41) is 10.0. The van der Waals surface area contributed by atoms with E-state index in [1.807, 2.05) is 23.1 Å². The highest BCUT2D eigenvalue weighted by Gasteiger charge is 2.35. The van der Waals surface area contributed by atoms with Crippen LogP contribution in [0.5, 0.6) is 0 Å². The van der Waals surface area contributed by atoms with E-state index in [2.05, 4.69) is 4.98 Å². The highest BCUT2D eigenvalue weighted by atomic mass is 32.2. The predicted molar refractivity (Wildman–Crippen MR) is 73.4 cm³/mol. The van der Waals surface area contributed by atoms with Crippen LogP contribution in [0.2, 0.25) is 0 Å². The van der Waals surface area contributed by atoms with Crippen molar-refractivity contribution in [3.63, 3.8) is 0 Å². The van der Waals surface area contributed by atoms with Crippen LogP contribution in [-0.4, -0.2) is 61.9 Å². The summed E-state index contributed by atoms with van der Waals surface area (Å²) < 4.78 is 24.9. The molecule has 0 saturated carbocycles. The summed E-state index contributed by atoms with van der Waals surface area (Å²) in [6, 6.07) is 5.55. The van der Waals surface area contributed by atoms with Crippen LogP contribution < -0.4 is 4.90 Å². The number of β-amino-alcohol motifs (C(OH)–C–C–N with tert-alkyl or cyclic N) is 1. The zero-order chi connectivity index (χ0) is 14.0. The summed E-state index contributed by atoms with van der Waals surface area (Å²) >= 11 is 0. The van der Waals surface area contributed by atoms with E-state index in [9.17, 15) is 13.5 Å². The number of hydrogen-bond acceptors (Lipinski definition) is 5. The second-order valence-electron chi connectivity index (χ2n) is 4.98. The van der Waals surface area contributed by atoms with Gasteiger partial charge in [-0.05, 0) is 12.1 Å². The maximum absolute atomic E-state index is 11.9. The van der Waals surface area contributed by atoms with Gasteiger partial charge in [-0.25, -0.2) is 17.7 Å². The van der Waals surface area contributed by atoms with Crippen molar-refractivity contribution in [3.8, 4) is 0 Å². The third-order valence-electron chi connectivity index (χ3n) is 3.36. The fraction of sp³-hybridized carbons (Fsp3) is 0.583. The van der Waals surface area contributed by atoms with Crippen molar-refractivity contribution < 1.29 is 13.5 Å². The Morgan fingerprint density at radius 1 is 1.42 bits per heavy atom. The van der Waals surface area contributed by atoms with E-state index in [4.69, 9.17) is 0 Å². The number of sulfonamides is 1. The first-order valence-corrected chi connectivity index (χ1v) is 7.75. The summed E-state index contributed by atoms with van der Waals surface area (Å²) in [5.41, 5.74) is 0. The van der Waals surface area contributed by atoms with Crippen molar-refractivity contribution in [1.82, 2.24) is 9.29 Å². The topological polar surface area (TPSA) is 73.7 Å². The normalized spacial score (nSPS) is 24.1. The number of aliphatic hydroxyl groups excluding tert-OH is 1. The van der Waals surface area contributed by atoms with Crippen LogP contribution in [0, 0.1) is 5.92 Å². The highest BCUT2D eigenvalue weighted by molar-refractivity contribution is 7.89. The number of nitrogens with zero attached hydrogens (tertiary/aromatic N) is 3. The Bertz CT molecular complexity index is 518. The van der Waals surface area contributed by atoms with Crippen LogP contribution in [0.4, 0.5) is 5.82 Å². The third kappa shape index (κ3) is 3.23. The van der Waals surface area contributed by atoms with Gasteiger partial charge >= 0.3 is 0 Å². The van der Waals surface area contributed by atoms with Crippen LogP contribution >= 0.6 is 0 Å². The third-order valence-corrected chi connectivity index (χ3v) is 5.32. The smallest absolute Gasteiger partial charge is 0.214 e. The van der Waals surface area contributed by atoms with Gasteiger partial charge in [-0.2, -0.15) is 0 Å². The van der Waals surface area contributed by atoms with Crippen LogP contribution in [0.1, 0.15) is 0 Å². The molecule has 0 bridgehead atoms. The van der Waals surface area contributed by atoms with E-state index >= 15 is 0 Å². The van der Waals surface area contributed by atoms with Gasteiger partial charge in [0, 0.05) is 39.3 Å². The van der Waals surface area contributed by atoms with Crippen molar-refractivity contribution in [1.29, 1.82) is 0 Å². The lowest BCUT2D eigenvalue weighted by molar-refractivity contribution is 0.157. The molecule has 2 heterocycles. The summed E-state index contributed by atoms with van der Waals surface area (Å²) in [5.74, 6) is 0.450. The predicted octanol–water partition coefficient (Wildman–Crippen LogP) is -0.230. The first-order chi connectivity index (χ1) is 8.90. The van der Waals surface area contributed by atoms with Gasteiger partial charge < -0.3 is 10.0 Å². The van der Waals surface area contributed by atoms with Crippen molar-refractivity contribution >= 4 is 15.8 Å². The van der Waals surface area contributed by atoms with Gasteiger partial charge in [-0.15, -0.1) is 0 Å². The minimum atomic E-state index is -3.29. The molecule has 0 aromatic carbocycles. The Kier molecular flexibility index (Phi) is 4.07. The number of aliphatic hydroxyl groups is 1. The zero-order valence-electron chi connectivity index (χ0n) is 11.1. The molecule has 0 amide bonds. The molecule has 7 heteroatoms. The van der Waals surface area contributed by atoms with Gasteiger partial charge in [0.05, 0.1) is 11.9 Å². The first kappa shape index (κ1) is 14.2. The molecule has 1 aliphatic rings. The molecule has 2 atom stereocenters. The summed E-state index contributed by atoms with van der Waals surface area (Å²) in [7, 11) is -0.280. The molecule has 106 valence electrons. The maximum atomic E-state index is 11.9. The molecule has 1 aromatic rings. The van der Waals surface area contributed by atoms with Crippen molar-refractivity contribution in [2.75, 3.05) is 37.8 Å². The summed E-state index contributed by atoms with van der Waals surface area (Å²) in [6.07, 6.45) is 1.04. The van der Waals surface area contributed by atoms with Crippen LogP contribution in [-0.2, 0) is 10.0 Å². The Morgan fingerprint density at radius 2 is 2.16 bits per heavy atom. The standard InChI is InChI=1S/C12H19N3O3S/c1-14(2)19(17,18)9-10-7-15(8-11(10)16)12-5-3-4-6-13-12/h3-6,10-11,16H,7-9H2,1-2H3/t10-,11+/m0/s1. The van der Waals surface area contributed by atoms with Crippen LogP contribution in [0.3, 0.4) is 0 Å². The zero-order valence-corrected chi connectivity index (χ0v) is 11.9. The fourth-order valence-electron chi connectivity index (χ4n) is 2.17. The molecular formula is C12H19N3O3S. The summed E-state index contributed by atoms with van der Waals surface area (Å²) in [4.78, 5) is 6.13. The monoisotopic (exact) mass is 285 g/mol. The Balaban J connectivity index is 2.07. The molecule has 0 aliphatic carbocycles. The lowest BCUT2D eigenvalue weighted by Crippen LogP contribution is -2.33. The van der Waals surface area contributed by atoms with Crippen LogP contribution in [0.15, 0.2) is 24.4 Å². The molecule has 1 aromatic heterocycles. The largest absolute Gasteiger partial charge is 0.391 e. The maximum Gasteiger partial charge on any atom is 0.214 e. The van der Waals surface area contributed by atoms with Gasteiger partial charge in [0.15, 0.2) is 0 Å². The number of hydrogen-bond donors (Lipinski definition) is 1. The number of anilines is 1. The van der Waals surface area contributed by atoms with E-state index < -0.39 is 16.1 Å². The molecule has 19 heavy (non-hydrogen) atoms. The first-order valence-electron chi connectivity index (χ1n) is 6.14. The van der Waals surface area contributed by atoms with Crippen LogP contribution in [0.25, 0.3) is 0 Å². The SMILES string of the molecule is CN(C)S(=O)(=O)C[C@@H]1CN(c2ccccn2)C[C@H]1O. The van der Waals surface area contributed by atoms with E-state index in [-0.39, 0.29) is 11.7 Å². The second kappa shape index (κ2) is 5.44. The molecule has 0 spiro atoms. The lowest BCUT2D eigenvalue weighted by Gasteiger charge is -2.18. The Hall–Kier alpha value is -1.18. The molecular weight excluding hydrogens is 266 g/mol. The lowest BCUT2D eigenvalue weighted by atomic mass is 10.1. The molecule has 1 N–H and O–H groups in total. The van der Waals surface area contributed by atoms with E-state index in [0.29, 0.717) is 13.1 Å². The Labute approximate surface area is 113 Å². The quantitative estimate of drug-likeness (QED) is 0.827. The van der Waals surface area contributed by atoms with Crippen molar-refractivity contribution in [2.24, 2.45) is 5.92 Å². The molecule has 1 saturated heterocycles. The van der Waals surface area contributed by atoms with Crippen molar-refractivity contribution in [3.05, 3.63) is 24.4 Å². The van der Waals surface area contributed by atoms with Gasteiger partial charge in [-0.3, -0.25) is 0 Å². The Morgan fingerprint density at radius 3 is 2.74 bits per heavy atom. The van der Waals surface area contributed by atoms with E-state index in [0.717, 1.165) is 5.82 Å². The summed E-state index contributed by atoms with van der Waals surface area (Å²) in [6.45, 7) is 0.926. The molecule has 0 unspecified atom stereocenters. The highest BCUT2D eigenvalue weighted by Crippen LogP contribution is 2.23. The molecule has 1 aliphatic heterocycles. The van der Waals surface area contributed by atoms with Gasteiger partial charge in [0.1, 0.15) is 5.82 Å². The average molecular weight is 285 g/mol. The minimum absolute atomic E-state index is 0.0372. The van der Waals surface area contributed by atoms with E-state index in [1.54, 1.807) is 6.20 Å². The average Bonchev–Trinajstić information content (AvgIpc) is 2.71. The number of aromatic nitrogens is 1. The molecule has 1 fully saturated rings. The van der Waals surface area contributed by atoms with E-state index in [1.165, 1.54) is 18.4 Å². The van der Waals surface area contributed by atoms with Gasteiger partial charge in [0.2, 0.25) is 10.0 Å². The second-order valence-corrected chi connectivity index (χ2v) is 7.21. The van der Waals surface area contributed by atoms with Gasteiger partial charge in [-0.1, -0.05) is 6.07 Å². The fourth-order valence-corrected chi connectivity index (χ4v) is 3.33. The number of pyridine rings is 1. The number of rotatable bonds is 4. The van der Waals surface area contributed by atoms with Crippen molar-refractivity contribution in [2.45, 2.75) is 6.10 Å².